The van der Waals surface area contributed by atoms with Crippen LogP contribution in [0.15, 0.2) is 18.2 Å². The van der Waals surface area contributed by atoms with Gasteiger partial charge in [0.05, 0.1) is 13.5 Å². The molecule has 0 saturated carbocycles. The Labute approximate surface area is 136 Å². The summed E-state index contributed by atoms with van der Waals surface area (Å²) in [6.07, 6.45) is 0.565. The second-order valence-electron chi connectivity index (χ2n) is 6.13. The fraction of sp³-hybridized carbons (Fsp3) is 0.529. The van der Waals surface area contributed by atoms with Crippen LogP contribution in [0.5, 0.6) is 5.75 Å². The summed E-state index contributed by atoms with van der Waals surface area (Å²) in [5.41, 5.74) is 0.529. The predicted molar refractivity (Wildman–Crippen MR) is 86.7 cm³/mol. The first-order valence-corrected chi connectivity index (χ1v) is 7.57. The summed E-state index contributed by atoms with van der Waals surface area (Å²) in [7, 11) is 4.69. The molecule has 0 spiro atoms. The van der Waals surface area contributed by atoms with E-state index in [1.54, 1.807) is 20.2 Å². The molecule has 0 aliphatic rings. The topological polar surface area (TPSA) is 58.6 Å². The number of likely N-dealkylation sites (N-methyl/N-ethyl adjacent to an activating group) is 1. The van der Waals surface area contributed by atoms with Crippen LogP contribution in [0.25, 0.3) is 0 Å². The number of rotatable bonds is 7. The van der Waals surface area contributed by atoms with Crippen molar-refractivity contribution in [3.63, 3.8) is 0 Å². The van der Waals surface area contributed by atoms with Crippen LogP contribution < -0.4 is 10.1 Å². The van der Waals surface area contributed by atoms with E-state index >= 15 is 0 Å². The first kappa shape index (κ1) is 18.9. The molecule has 0 aliphatic carbocycles. The zero-order valence-electron chi connectivity index (χ0n) is 14.4. The summed E-state index contributed by atoms with van der Waals surface area (Å²) in [6.45, 7) is 3.97. The maximum atomic E-state index is 13.7. The smallest absolute Gasteiger partial charge is 0.244 e. The van der Waals surface area contributed by atoms with Crippen molar-refractivity contribution in [2.45, 2.75) is 32.7 Å². The Morgan fingerprint density at radius 2 is 1.96 bits per heavy atom. The standard InChI is InChI=1S/C17H25FN2O3/c1-11(2)8-14(17(22)20(3)4)19-16(21)10-12-6-7-15(23-5)13(18)9-12/h6-7,9,11,14H,8,10H2,1-5H3,(H,19,21). The maximum Gasteiger partial charge on any atom is 0.244 e. The van der Waals surface area contributed by atoms with E-state index in [0.717, 1.165) is 0 Å². The van der Waals surface area contributed by atoms with Gasteiger partial charge in [-0.3, -0.25) is 9.59 Å². The largest absolute Gasteiger partial charge is 0.494 e. The number of benzene rings is 1. The van der Waals surface area contributed by atoms with Crippen LogP contribution in [0.2, 0.25) is 0 Å². The summed E-state index contributed by atoms with van der Waals surface area (Å²) in [6, 6.07) is 3.81. The Morgan fingerprint density at radius 1 is 1.30 bits per heavy atom. The molecule has 1 atom stereocenters. The summed E-state index contributed by atoms with van der Waals surface area (Å²) >= 11 is 0. The Balaban J connectivity index is 2.75. The molecule has 1 N–H and O–H groups in total. The van der Waals surface area contributed by atoms with Crippen LogP contribution >= 0.6 is 0 Å². The summed E-state index contributed by atoms with van der Waals surface area (Å²) < 4.78 is 18.5. The van der Waals surface area contributed by atoms with Crippen LogP contribution in [0.3, 0.4) is 0 Å². The average Bonchev–Trinajstić information content (AvgIpc) is 2.45. The van der Waals surface area contributed by atoms with Gasteiger partial charge in [0, 0.05) is 14.1 Å². The van der Waals surface area contributed by atoms with Gasteiger partial charge in [0.2, 0.25) is 11.8 Å². The molecular formula is C17H25FN2O3. The minimum atomic E-state index is -0.569. The Bertz CT molecular complexity index is 559. The Morgan fingerprint density at radius 3 is 2.43 bits per heavy atom. The summed E-state index contributed by atoms with van der Waals surface area (Å²) in [5, 5.41) is 2.74. The number of amides is 2. The van der Waals surface area contributed by atoms with Crippen molar-refractivity contribution in [2.24, 2.45) is 5.92 Å². The molecule has 0 heterocycles. The number of nitrogens with zero attached hydrogens (tertiary/aromatic N) is 1. The maximum absolute atomic E-state index is 13.7. The molecule has 1 aromatic rings. The fourth-order valence-corrected chi connectivity index (χ4v) is 2.26. The van der Waals surface area contributed by atoms with E-state index in [2.05, 4.69) is 5.32 Å². The number of ether oxygens (including phenoxy) is 1. The van der Waals surface area contributed by atoms with Gasteiger partial charge in [-0.05, 0) is 30.0 Å². The van der Waals surface area contributed by atoms with E-state index in [9.17, 15) is 14.0 Å². The lowest BCUT2D eigenvalue weighted by Crippen LogP contribution is -2.47. The third-order valence-corrected chi connectivity index (χ3v) is 3.36. The number of hydrogen-bond donors (Lipinski definition) is 1. The number of methoxy groups -OCH3 is 1. The molecule has 1 unspecified atom stereocenters. The van der Waals surface area contributed by atoms with Crippen molar-refractivity contribution in [2.75, 3.05) is 21.2 Å². The number of carbonyl (C=O) groups is 2. The summed E-state index contributed by atoms with van der Waals surface area (Å²) in [4.78, 5) is 25.8. The number of carbonyl (C=O) groups excluding carboxylic acids is 2. The molecule has 23 heavy (non-hydrogen) atoms. The van der Waals surface area contributed by atoms with Crippen molar-refractivity contribution in [3.05, 3.63) is 29.6 Å². The number of halogens is 1. The van der Waals surface area contributed by atoms with Crippen LogP contribution in [0, 0.1) is 11.7 Å². The Kier molecular flexibility index (Phi) is 7.00. The van der Waals surface area contributed by atoms with Crippen molar-refractivity contribution in [1.29, 1.82) is 0 Å². The van der Waals surface area contributed by atoms with Gasteiger partial charge in [0.1, 0.15) is 6.04 Å². The summed E-state index contributed by atoms with van der Waals surface area (Å²) in [5.74, 6) is -0.568. The van der Waals surface area contributed by atoms with Crippen LogP contribution in [0.4, 0.5) is 4.39 Å². The van der Waals surface area contributed by atoms with Gasteiger partial charge < -0.3 is 15.0 Å². The van der Waals surface area contributed by atoms with E-state index < -0.39 is 11.9 Å². The highest BCUT2D eigenvalue weighted by atomic mass is 19.1. The molecule has 128 valence electrons. The van der Waals surface area contributed by atoms with Gasteiger partial charge in [-0.25, -0.2) is 4.39 Å². The molecule has 1 aromatic carbocycles. The number of nitrogens with one attached hydrogen (secondary N) is 1. The first-order chi connectivity index (χ1) is 10.7. The second kappa shape index (κ2) is 8.50. The minimum Gasteiger partial charge on any atom is -0.494 e. The highest BCUT2D eigenvalue weighted by molar-refractivity contribution is 5.88. The predicted octanol–water partition coefficient (Wildman–Crippen LogP) is 2.00. The monoisotopic (exact) mass is 324 g/mol. The van der Waals surface area contributed by atoms with Gasteiger partial charge in [0.25, 0.3) is 0 Å². The van der Waals surface area contributed by atoms with E-state index in [0.29, 0.717) is 12.0 Å². The molecule has 6 heteroatoms. The van der Waals surface area contributed by atoms with E-state index in [1.807, 2.05) is 13.8 Å². The Hall–Kier alpha value is -2.11. The quantitative estimate of drug-likeness (QED) is 0.834. The molecule has 0 aliphatic heterocycles. The molecule has 0 saturated heterocycles. The lowest BCUT2D eigenvalue weighted by Gasteiger charge is -2.23. The van der Waals surface area contributed by atoms with Crippen LogP contribution in [-0.4, -0.2) is 44.0 Å². The van der Waals surface area contributed by atoms with Crippen molar-refractivity contribution < 1.29 is 18.7 Å². The van der Waals surface area contributed by atoms with Crippen molar-refractivity contribution in [3.8, 4) is 5.75 Å². The van der Waals surface area contributed by atoms with Gasteiger partial charge in [0.15, 0.2) is 11.6 Å². The van der Waals surface area contributed by atoms with Gasteiger partial charge >= 0.3 is 0 Å². The highest BCUT2D eigenvalue weighted by Gasteiger charge is 2.23. The van der Waals surface area contributed by atoms with E-state index in [1.165, 1.54) is 24.1 Å². The highest BCUT2D eigenvalue weighted by Crippen LogP contribution is 2.18. The zero-order valence-corrected chi connectivity index (χ0v) is 14.4. The van der Waals surface area contributed by atoms with Gasteiger partial charge in [-0.15, -0.1) is 0 Å². The van der Waals surface area contributed by atoms with Crippen molar-refractivity contribution >= 4 is 11.8 Å². The normalized spacial score (nSPS) is 12.0. The molecular weight excluding hydrogens is 299 g/mol. The third kappa shape index (κ3) is 5.88. The molecule has 0 aromatic heterocycles. The lowest BCUT2D eigenvalue weighted by molar-refractivity contribution is -0.134. The van der Waals surface area contributed by atoms with Gasteiger partial charge in [-0.1, -0.05) is 19.9 Å². The molecule has 5 nitrogen and oxygen atoms in total. The fourth-order valence-electron chi connectivity index (χ4n) is 2.26. The SMILES string of the molecule is COc1ccc(CC(=O)NC(CC(C)C)C(=O)N(C)C)cc1F. The van der Waals surface area contributed by atoms with Crippen LogP contribution in [-0.2, 0) is 16.0 Å². The first-order valence-electron chi connectivity index (χ1n) is 7.57. The van der Waals surface area contributed by atoms with E-state index in [-0.39, 0.29) is 29.9 Å². The van der Waals surface area contributed by atoms with E-state index in [4.69, 9.17) is 4.74 Å². The second-order valence-corrected chi connectivity index (χ2v) is 6.13. The number of hydrogen-bond acceptors (Lipinski definition) is 3. The van der Waals surface area contributed by atoms with Gasteiger partial charge in [-0.2, -0.15) is 0 Å². The zero-order chi connectivity index (χ0) is 17.6. The molecule has 0 fully saturated rings. The minimum absolute atomic E-state index is 0.0101. The molecule has 2 amide bonds. The third-order valence-electron chi connectivity index (χ3n) is 3.36. The molecule has 0 radical (unpaired) electrons. The molecule has 0 bridgehead atoms. The molecule has 1 rings (SSSR count). The van der Waals surface area contributed by atoms with Crippen molar-refractivity contribution in [1.82, 2.24) is 10.2 Å². The average molecular weight is 324 g/mol. The lowest BCUT2D eigenvalue weighted by atomic mass is 10.0. The van der Waals surface area contributed by atoms with Crippen LogP contribution in [0.1, 0.15) is 25.8 Å².